The number of carboxylic acid groups (broad SMARTS) is 1. The van der Waals surface area contributed by atoms with Gasteiger partial charge in [0.2, 0.25) is 0 Å². The Labute approximate surface area is 102 Å². The van der Waals surface area contributed by atoms with E-state index in [1.807, 2.05) is 18.2 Å². The number of rotatable bonds is 3. The fraction of sp³-hybridized carbons (Fsp3) is 0.500. The zero-order valence-corrected chi connectivity index (χ0v) is 10.2. The lowest BCUT2D eigenvalue weighted by Gasteiger charge is -2.35. The van der Waals surface area contributed by atoms with E-state index in [1.165, 1.54) is 5.56 Å². The number of likely N-dealkylation sites (tertiary alicyclic amines) is 1. The molecule has 1 aromatic rings. The number of carbonyl (C=O) groups is 1. The standard InChI is InChI=1S/C14H19NO2/c1-11-7-8-15(13(9-11)14(16)17)10-12-5-3-2-4-6-12/h2-6,11,13H,7-10H2,1H3,(H,16,17). The Bertz CT molecular complexity index is 377. The predicted octanol–water partition coefficient (Wildman–Crippen LogP) is 2.37. The van der Waals surface area contributed by atoms with Crippen LogP contribution in [0.5, 0.6) is 0 Å². The Balaban J connectivity index is 2.06. The minimum Gasteiger partial charge on any atom is -0.480 e. The van der Waals surface area contributed by atoms with Gasteiger partial charge in [-0.05, 0) is 30.9 Å². The van der Waals surface area contributed by atoms with Crippen molar-refractivity contribution in [3.63, 3.8) is 0 Å². The van der Waals surface area contributed by atoms with Crippen LogP contribution < -0.4 is 0 Å². The van der Waals surface area contributed by atoms with Gasteiger partial charge in [-0.2, -0.15) is 0 Å². The third-order valence-corrected chi connectivity index (χ3v) is 3.49. The molecule has 1 aliphatic rings. The molecule has 3 heteroatoms. The van der Waals surface area contributed by atoms with Crippen molar-refractivity contribution < 1.29 is 9.90 Å². The third kappa shape index (κ3) is 3.07. The van der Waals surface area contributed by atoms with Crippen LogP contribution >= 0.6 is 0 Å². The molecule has 2 atom stereocenters. The molecule has 1 N–H and O–H groups in total. The Kier molecular flexibility index (Phi) is 3.79. The van der Waals surface area contributed by atoms with E-state index < -0.39 is 5.97 Å². The number of hydrogen-bond donors (Lipinski definition) is 1. The number of carboxylic acids is 1. The molecule has 0 aliphatic carbocycles. The summed E-state index contributed by atoms with van der Waals surface area (Å²) < 4.78 is 0. The molecule has 3 nitrogen and oxygen atoms in total. The van der Waals surface area contributed by atoms with Gasteiger partial charge in [0.1, 0.15) is 6.04 Å². The topological polar surface area (TPSA) is 40.5 Å². The summed E-state index contributed by atoms with van der Waals surface area (Å²) in [6.07, 6.45) is 1.86. The summed E-state index contributed by atoms with van der Waals surface area (Å²) in [5, 5.41) is 9.26. The molecule has 0 spiro atoms. The molecule has 2 rings (SSSR count). The van der Waals surface area contributed by atoms with E-state index in [1.54, 1.807) is 0 Å². The summed E-state index contributed by atoms with van der Waals surface area (Å²) in [4.78, 5) is 13.3. The number of hydrogen-bond acceptors (Lipinski definition) is 2. The molecule has 1 heterocycles. The van der Waals surface area contributed by atoms with Crippen LogP contribution in [0.3, 0.4) is 0 Å². The van der Waals surface area contributed by atoms with Gasteiger partial charge in [0, 0.05) is 6.54 Å². The second kappa shape index (κ2) is 5.32. The SMILES string of the molecule is CC1CCN(Cc2ccccc2)C(C(=O)O)C1. The fourth-order valence-electron chi connectivity index (χ4n) is 2.45. The lowest BCUT2D eigenvalue weighted by atomic mass is 9.92. The van der Waals surface area contributed by atoms with Crippen LogP contribution in [0.15, 0.2) is 30.3 Å². The van der Waals surface area contributed by atoms with Gasteiger partial charge < -0.3 is 5.11 Å². The van der Waals surface area contributed by atoms with E-state index in [4.69, 9.17) is 0 Å². The molecule has 0 radical (unpaired) electrons. The Hall–Kier alpha value is -1.35. The van der Waals surface area contributed by atoms with Gasteiger partial charge in [-0.25, -0.2) is 0 Å². The van der Waals surface area contributed by atoms with Gasteiger partial charge >= 0.3 is 5.97 Å². The van der Waals surface area contributed by atoms with Gasteiger partial charge in [0.15, 0.2) is 0 Å². The van der Waals surface area contributed by atoms with Crippen molar-refractivity contribution in [3.8, 4) is 0 Å². The number of aliphatic carboxylic acids is 1. The first-order chi connectivity index (χ1) is 8.16. The first-order valence-electron chi connectivity index (χ1n) is 6.17. The quantitative estimate of drug-likeness (QED) is 0.871. The van der Waals surface area contributed by atoms with Gasteiger partial charge in [-0.1, -0.05) is 37.3 Å². The van der Waals surface area contributed by atoms with Crippen LogP contribution in [0.25, 0.3) is 0 Å². The maximum absolute atomic E-state index is 11.3. The van der Waals surface area contributed by atoms with Crippen molar-refractivity contribution in [2.24, 2.45) is 5.92 Å². The number of nitrogens with zero attached hydrogens (tertiary/aromatic N) is 1. The van der Waals surface area contributed by atoms with Gasteiger partial charge in [0.25, 0.3) is 0 Å². The molecule has 92 valence electrons. The molecule has 17 heavy (non-hydrogen) atoms. The predicted molar refractivity (Wildman–Crippen MR) is 66.7 cm³/mol. The molecule has 0 amide bonds. The summed E-state index contributed by atoms with van der Waals surface area (Å²) in [6, 6.07) is 9.76. The van der Waals surface area contributed by atoms with Crippen LogP contribution in [-0.4, -0.2) is 28.6 Å². The zero-order chi connectivity index (χ0) is 12.3. The summed E-state index contributed by atoms with van der Waals surface area (Å²) in [5.41, 5.74) is 1.19. The highest BCUT2D eigenvalue weighted by Crippen LogP contribution is 2.24. The number of piperidine rings is 1. The van der Waals surface area contributed by atoms with Crippen molar-refractivity contribution in [3.05, 3.63) is 35.9 Å². The minimum absolute atomic E-state index is 0.320. The highest BCUT2D eigenvalue weighted by molar-refractivity contribution is 5.73. The van der Waals surface area contributed by atoms with Gasteiger partial charge in [-0.3, -0.25) is 9.69 Å². The average Bonchev–Trinajstić information content (AvgIpc) is 2.32. The van der Waals surface area contributed by atoms with Crippen molar-refractivity contribution in [2.45, 2.75) is 32.4 Å². The highest BCUT2D eigenvalue weighted by Gasteiger charge is 2.31. The van der Waals surface area contributed by atoms with E-state index in [9.17, 15) is 9.90 Å². The fourth-order valence-corrected chi connectivity index (χ4v) is 2.45. The van der Waals surface area contributed by atoms with E-state index in [2.05, 4.69) is 24.0 Å². The van der Waals surface area contributed by atoms with Crippen molar-refractivity contribution in [2.75, 3.05) is 6.54 Å². The summed E-state index contributed by atoms with van der Waals surface area (Å²) in [6.45, 7) is 3.76. The maximum atomic E-state index is 11.3. The smallest absolute Gasteiger partial charge is 0.320 e. The van der Waals surface area contributed by atoms with E-state index in [0.29, 0.717) is 5.92 Å². The largest absolute Gasteiger partial charge is 0.480 e. The molecular weight excluding hydrogens is 214 g/mol. The third-order valence-electron chi connectivity index (χ3n) is 3.49. The lowest BCUT2D eigenvalue weighted by molar-refractivity contribution is -0.145. The van der Waals surface area contributed by atoms with E-state index in [0.717, 1.165) is 25.9 Å². The molecule has 1 fully saturated rings. The first kappa shape index (κ1) is 12.1. The molecule has 0 bridgehead atoms. The molecule has 0 saturated carbocycles. The molecule has 0 aromatic heterocycles. The molecule has 1 saturated heterocycles. The normalized spacial score (nSPS) is 25.7. The Morgan fingerprint density at radius 2 is 2.12 bits per heavy atom. The van der Waals surface area contributed by atoms with Crippen molar-refractivity contribution >= 4 is 5.97 Å². The minimum atomic E-state index is -0.688. The van der Waals surface area contributed by atoms with E-state index >= 15 is 0 Å². The lowest BCUT2D eigenvalue weighted by Crippen LogP contribution is -2.46. The summed E-state index contributed by atoms with van der Waals surface area (Å²) in [5.74, 6) is -0.171. The van der Waals surface area contributed by atoms with Crippen LogP contribution in [0, 0.1) is 5.92 Å². The summed E-state index contributed by atoms with van der Waals surface area (Å²) in [7, 11) is 0. The Morgan fingerprint density at radius 1 is 1.41 bits per heavy atom. The average molecular weight is 233 g/mol. The molecular formula is C14H19NO2. The number of benzene rings is 1. The maximum Gasteiger partial charge on any atom is 0.320 e. The Morgan fingerprint density at radius 3 is 2.76 bits per heavy atom. The van der Waals surface area contributed by atoms with Gasteiger partial charge in [-0.15, -0.1) is 0 Å². The first-order valence-corrected chi connectivity index (χ1v) is 6.17. The van der Waals surface area contributed by atoms with Crippen molar-refractivity contribution in [1.82, 2.24) is 4.90 Å². The van der Waals surface area contributed by atoms with E-state index in [-0.39, 0.29) is 6.04 Å². The molecule has 1 aliphatic heterocycles. The van der Waals surface area contributed by atoms with Crippen LogP contribution in [-0.2, 0) is 11.3 Å². The zero-order valence-electron chi connectivity index (χ0n) is 10.2. The molecule has 2 unspecified atom stereocenters. The second-order valence-corrected chi connectivity index (χ2v) is 4.94. The molecule has 1 aromatic carbocycles. The second-order valence-electron chi connectivity index (χ2n) is 4.94. The van der Waals surface area contributed by atoms with Gasteiger partial charge in [0.05, 0.1) is 0 Å². The van der Waals surface area contributed by atoms with Crippen LogP contribution in [0.2, 0.25) is 0 Å². The van der Waals surface area contributed by atoms with Crippen molar-refractivity contribution in [1.29, 1.82) is 0 Å². The van der Waals surface area contributed by atoms with Crippen LogP contribution in [0.4, 0.5) is 0 Å². The monoisotopic (exact) mass is 233 g/mol. The highest BCUT2D eigenvalue weighted by atomic mass is 16.4. The summed E-state index contributed by atoms with van der Waals surface area (Å²) >= 11 is 0. The van der Waals surface area contributed by atoms with Crippen LogP contribution in [0.1, 0.15) is 25.3 Å².